The van der Waals surface area contributed by atoms with Crippen molar-refractivity contribution in [3.8, 4) is 11.3 Å². The molecule has 0 unspecified atom stereocenters. The van der Waals surface area contributed by atoms with Crippen molar-refractivity contribution in [1.29, 1.82) is 0 Å². The molecule has 2 aromatic heterocycles. The number of nitrogens with one attached hydrogen (secondary N) is 2. The molecule has 0 amide bonds. The van der Waals surface area contributed by atoms with Crippen molar-refractivity contribution in [1.82, 2.24) is 15.0 Å². The summed E-state index contributed by atoms with van der Waals surface area (Å²) in [6, 6.07) is 1.83. The summed E-state index contributed by atoms with van der Waals surface area (Å²) in [7, 11) is 0. The Morgan fingerprint density at radius 1 is 1.54 bits per heavy atom. The zero-order valence-electron chi connectivity index (χ0n) is 6.61. The molecule has 0 aliphatic rings. The van der Waals surface area contributed by atoms with Gasteiger partial charge in [-0.2, -0.15) is 0 Å². The Balaban J connectivity index is 2.39. The molecule has 0 spiro atoms. The number of carboxylic acids is 1. The Morgan fingerprint density at radius 2 is 2.38 bits per heavy atom. The number of aromatic nitrogens is 3. The highest BCUT2D eigenvalue weighted by atomic mass is 16.4. The third kappa shape index (κ3) is 1.31. The molecule has 13 heavy (non-hydrogen) atoms. The first-order valence-corrected chi connectivity index (χ1v) is 3.69. The molecule has 5 nitrogen and oxygen atoms in total. The van der Waals surface area contributed by atoms with E-state index in [1.165, 1.54) is 6.20 Å². The standard InChI is InChI=1S/C8H7N3O2/c12-8(13)7-10-4-6(11-7)5-1-2-9-3-5/h1-4,9H,(H,10,11)(H,12,13). The number of H-pyrrole nitrogens is 2. The lowest BCUT2D eigenvalue weighted by Gasteiger charge is -1.88. The van der Waals surface area contributed by atoms with Crippen LogP contribution >= 0.6 is 0 Å². The van der Waals surface area contributed by atoms with Crippen LogP contribution in [0.25, 0.3) is 11.3 Å². The Hall–Kier alpha value is -2.04. The van der Waals surface area contributed by atoms with Gasteiger partial charge in [0, 0.05) is 18.0 Å². The molecular formula is C8H7N3O2. The number of carboxylic acid groups (broad SMARTS) is 1. The molecule has 0 saturated heterocycles. The summed E-state index contributed by atoms with van der Waals surface area (Å²) in [5.41, 5.74) is 1.58. The summed E-state index contributed by atoms with van der Waals surface area (Å²) in [5, 5.41) is 8.59. The maximum atomic E-state index is 10.5. The topological polar surface area (TPSA) is 81.8 Å². The number of rotatable bonds is 2. The fraction of sp³-hybridized carbons (Fsp3) is 0. The molecule has 0 radical (unpaired) electrons. The second kappa shape index (κ2) is 2.78. The zero-order valence-corrected chi connectivity index (χ0v) is 6.61. The predicted molar refractivity (Wildman–Crippen MR) is 45.3 cm³/mol. The van der Waals surface area contributed by atoms with Gasteiger partial charge in [0.05, 0.1) is 11.9 Å². The Morgan fingerprint density at radius 3 is 2.92 bits per heavy atom. The van der Waals surface area contributed by atoms with E-state index < -0.39 is 5.97 Å². The predicted octanol–water partition coefficient (Wildman–Crippen LogP) is 1.10. The number of aromatic amines is 2. The highest BCUT2D eigenvalue weighted by Crippen LogP contribution is 2.15. The maximum Gasteiger partial charge on any atom is 0.371 e. The van der Waals surface area contributed by atoms with Crippen LogP contribution in [-0.2, 0) is 0 Å². The van der Waals surface area contributed by atoms with E-state index in [0.717, 1.165) is 5.56 Å². The van der Waals surface area contributed by atoms with Crippen molar-refractivity contribution in [3.63, 3.8) is 0 Å². The lowest BCUT2D eigenvalue weighted by Crippen LogP contribution is -1.98. The molecular weight excluding hydrogens is 170 g/mol. The van der Waals surface area contributed by atoms with Gasteiger partial charge in [-0.15, -0.1) is 0 Å². The van der Waals surface area contributed by atoms with Crippen LogP contribution in [0.15, 0.2) is 24.7 Å². The summed E-state index contributed by atoms with van der Waals surface area (Å²) in [5.74, 6) is -1.10. The molecule has 0 atom stereocenters. The van der Waals surface area contributed by atoms with Crippen LogP contribution < -0.4 is 0 Å². The van der Waals surface area contributed by atoms with Gasteiger partial charge < -0.3 is 15.1 Å². The van der Waals surface area contributed by atoms with Crippen LogP contribution in [0.3, 0.4) is 0 Å². The van der Waals surface area contributed by atoms with E-state index in [-0.39, 0.29) is 5.82 Å². The van der Waals surface area contributed by atoms with Crippen molar-refractivity contribution in [2.45, 2.75) is 0 Å². The number of aromatic carboxylic acids is 1. The number of nitrogens with zero attached hydrogens (tertiary/aromatic N) is 1. The van der Waals surface area contributed by atoms with E-state index in [4.69, 9.17) is 5.11 Å². The molecule has 2 aromatic rings. The highest BCUT2D eigenvalue weighted by molar-refractivity contribution is 5.84. The van der Waals surface area contributed by atoms with Crippen molar-refractivity contribution < 1.29 is 9.90 Å². The average Bonchev–Trinajstić information content (AvgIpc) is 2.75. The van der Waals surface area contributed by atoms with Gasteiger partial charge in [-0.3, -0.25) is 0 Å². The van der Waals surface area contributed by atoms with Crippen LogP contribution in [0.5, 0.6) is 0 Å². The van der Waals surface area contributed by atoms with Gasteiger partial charge in [-0.05, 0) is 6.07 Å². The second-order valence-corrected chi connectivity index (χ2v) is 2.55. The molecule has 3 N–H and O–H groups in total. The summed E-state index contributed by atoms with van der Waals surface area (Å²) in [6.45, 7) is 0. The smallest absolute Gasteiger partial charge is 0.371 e. The van der Waals surface area contributed by atoms with E-state index in [1.807, 2.05) is 6.07 Å². The van der Waals surface area contributed by atoms with Gasteiger partial charge in [0.15, 0.2) is 0 Å². The van der Waals surface area contributed by atoms with Crippen LogP contribution in [0.1, 0.15) is 10.6 Å². The monoisotopic (exact) mass is 177 g/mol. The average molecular weight is 177 g/mol. The van der Waals surface area contributed by atoms with Crippen LogP contribution in [-0.4, -0.2) is 26.0 Å². The molecule has 0 saturated carbocycles. The lowest BCUT2D eigenvalue weighted by atomic mass is 10.3. The van der Waals surface area contributed by atoms with Gasteiger partial charge in [0.25, 0.3) is 0 Å². The third-order valence-electron chi connectivity index (χ3n) is 1.69. The van der Waals surface area contributed by atoms with E-state index in [2.05, 4.69) is 15.0 Å². The molecule has 2 heterocycles. The van der Waals surface area contributed by atoms with Gasteiger partial charge in [-0.25, -0.2) is 9.78 Å². The largest absolute Gasteiger partial charge is 0.475 e. The van der Waals surface area contributed by atoms with Crippen LogP contribution in [0.4, 0.5) is 0 Å². The van der Waals surface area contributed by atoms with Crippen LogP contribution in [0, 0.1) is 0 Å². The fourth-order valence-corrected chi connectivity index (χ4v) is 1.07. The molecule has 2 rings (SSSR count). The minimum Gasteiger partial charge on any atom is -0.475 e. The van der Waals surface area contributed by atoms with Crippen molar-refractivity contribution in [2.24, 2.45) is 0 Å². The van der Waals surface area contributed by atoms with E-state index in [0.29, 0.717) is 5.69 Å². The number of hydrogen-bond acceptors (Lipinski definition) is 2. The summed E-state index contributed by atoms with van der Waals surface area (Å²) in [4.78, 5) is 19.7. The van der Waals surface area contributed by atoms with Crippen molar-refractivity contribution in [2.75, 3.05) is 0 Å². The molecule has 0 aliphatic carbocycles. The Labute approximate surface area is 73.4 Å². The molecule has 0 fully saturated rings. The minimum atomic E-state index is -1.05. The first-order chi connectivity index (χ1) is 6.27. The minimum absolute atomic E-state index is 0.0452. The van der Waals surface area contributed by atoms with Crippen molar-refractivity contribution in [3.05, 3.63) is 30.5 Å². The molecule has 5 heteroatoms. The summed E-state index contributed by atoms with van der Waals surface area (Å²) < 4.78 is 0. The molecule has 0 bridgehead atoms. The summed E-state index contributed by atoms with van der Waals surface area (Å²) in [6.07, 6.45) is 5.02. The molecule has 0 aromatic carbocycles. The highest BCUT2D eigenvalue weighted by Gasteiger charge is 2.08. The number of hydrogen-bond donors (Lipinski definition) is 3. The normalized spacial score (nSPS) is 10.2. The molecule has 0 aliphatic heterocycles. The molecule has 66 valence electrons. The van der Waals surface area contributed by atoms with Gasteiger partial charge in [0.2, 0.25) is 5.82 Å². The SMILES string of the molecule is O=C(O)c1ncc(-c2cc[nH]c2)[nH]1. The Kier molecular flexibility index (Phi) is 1.63. The van der Waals surface area contributed by atoms with Gasteiger partial charge in [-0.1, -0.05) is 0 Å². The first-order valence-electron chi connectivity index (χ1n) is 3.69. The third-order valence-corrected chi connectivity index (χ3v) is 1.69. The van der Waals surface area contributed by atoms with Crippen molar-refractivity contribution >= 4 is 5.97 Å². The quantitative estimate of drug-likeness (QED) is 0.642. The second-order valence-electron chi connectivity index (χ2n) is 2.55. The van der Waals surface area contributed by atoms with E-state index in [1.54, 1.807) is 12.4 Å². The van der Waals surface area contributed by atoms with E-state index in [9.17, 15) is 4.79 Å². The maximum absolute atomic E-state index is 10.5. The fourth-order valence-electron chi connectivity index (χ4n) is 1.07. The summed E-state index contributed by atoms with van der Waals surface area (Å²) >= 11 is 0. The number of carbonyl (C=O) groups is 1. The van der Waals surface area contributed by atoms with Crippen LogP contribution in [0.2, 0.25) is 0 Å². The first kappa shape index (κ1) is 7.60. The van der Waals surface area contributed by atoms with Gasteiger partial charge in [0.1, 0.15) is 0 Å². The lowest BCUT2D eigenvalue weighted by molar-refractivity contribution is 0.0685. The van der Waals surface area contributed by atoms with E-state index >= 15 is 0 Å². The van der Waals surface area contributed by atoms with Gasteiger partial charge >= 0.3 is 5.97 Å². The zero-order chi connectivity index (χ0) is 9.26. The Bertz CT molecular complexity index is 416. The number of imidazole rings is 1.